The summed E-state index contributed by atoms with van der Waals surface area (Å²) in [7, 11) is 0. The van der Waals surface area contributed by atoms with E-state index >= 15 is 0 Å². The number of rotatable bonds is 6. The molecule has 2 saturated heterocycles. The molecule has 2 aliphatic rings. The van der Waals surface area contributed by atoms with Crippen LogP contribution in [0.2, 0.25) is 0 Å². The molecule has 208 valence electrons. The lowest BCUT2D eigenvalue weighted by molar-refractivity contribution is -0.378. The molecule has 0 radical (unpaired) electrons. The number of nitrogens with zero attached hydrogens (tertiary/aromatic N) is 2. The number of halogens is 2. The fourth-order valence-electron chi connectivity index (χ4n) is 4.95. The van der Waals surface area contributed by atoms with Crippen LogP contribution in [0.1, 0.15) is 47.9 Å². The molecule has 6 heteroatoms. The van der Waals surface area contributed by atoms with Crippen LogP contribution in [0.4, 0.5) is 11.4 Å². The molecule has 4 heterocycles. The molecule has 0 unspecified atom stereocenters. The second kappa shape index (κ2) is 16.5. The van der Waals surface area contributed by atoms with Gasteiger partial charge in [-0.05, 0) is 72.2 Å². The maximum atomic E-state index is 3.03. The highest BCUT2D eigenvalue weighted by Gasteiger charge is 2.12. The van der Waals surface area contributed by atoms with Crippen molar-refractivity contribution in [2.75, 3.05) is 36.0 Å². The van der Waals surface area contributed by atoms with E-state index in [1.807, 2.05) is 24.8 Å². The van der Waals surface area contributed by atoms with Gasteiger partial charge in [-0.2, -0.15) is 0 Å². The van der Waals surface area contributed by atoms with Gasteiger partial charge in [0.15, 0.2) is 24.8 Å². The minimum absolute atomic E-state index is 0. The Morgan fingerprint density at radius 1 is 0.400 bits per heavy atom. The molecule has 2 fully saturated rings. The quantitative estimate of drug-likeness (QED) is 0.338. The molecule has 40 heavy (non-hydrogen) atoms. The van der Waals surface area contributed by atoms with Crippen LogP contribution < -0.4 is 44.6 Å². The highest BCUT2D eigenvalue weighted by atomic mass is 35.5. The Morgan fingerprint density at radius 2 is 0.675 bits per heavy atom. The van der Waals surface area contributed by atoms with Crippen molar-refractivity contribution in [2.45, 2.75) is 25.7 Å². The number of H-pyrrole nitrogens is 2. The zero-order valence-corrected chi connectivity index (χ0v) is 24.4. The SMILES string of the molecule is C(=C\c1ccc(N2CCCC2)cc1)/c1cc[nH+]cc1.C(=C\c1ccc(N2CCCC2)cc1)/c1cc[nH+]cc1.[Cl-].[Cl-]. The van der Waals surface area contributed by atoms with Crippen LogP contribution in [-0.4, -0.2) is 26.2 Å². The Balaban J connectivity index is 0.000000210. The molecule has 0 spiro atoms. The number of aromatic amines is 2. The van der Waals surface area contributed by atoms with Crippen molar-refractivity contribution in [3.63, 3.8) is 0 Å². The van der Waals surface area contributed by atoms with Crippen molar-refractivity contribution in [1.82, 2.24) is 0 Å². The summed E-state index contributed by atoms with van der Waals surface area (Å²) in [6, 6.07) is 25.9. The first kappa shape index (κ1) is 30.9. The molecule has 2 aromatic carbocycles. The van der Waals surface area contributed by atoms with Gasteiger partial charge in [-0.25, -0.2) is 9.97 Å². The van der Waals surface area contributed by atoms with Gasteiger partial charge in [-0.3, -0.25) is 0 Å². The van der Waals surface area contributed by atoms with Gasteiger partial charge in [-0.1, -0.05) is 48.6 Å². The molecule has 2 aliphatic heterocycles. The van der Waals surface area contributed by atoms with Crippen molar-refractivity contribution >= 4 is 35.7 Å². The van der Waals surface area contributed by atoms with E-state index in [0.717, 1.165) is 0 Å². The van der Waals surface area contributed by atoms with E-state index in [0.29, 0.717) is 0 Å². The first-order chi connectivity index (χ1) is 18.8. The van der Waals surface area contributed by atoms with Crippen molar-refractivity contribution < 1.29 is 34.8 Å². The summed E-state index contributed by atoms with van der Waals surface area (Å²) in [5, 5.41) is 0. The van der Waals surface area contributed by atoms with E-state index in [1.54, 1.807) is 0 Å². The largest absolute Gasteiger partial charge is 1.00 e. The predicted molar refractivity (Wildman–Crippen MR) is 160 cm³/mol. The Bertz CT molecular complexity index is 1190. The molecular weight excluding hydrogens is 535 g/mol. The lowest BCUT2D eigenvalue weighted by Gasteiger charge is -2.17. The van der Waals surface area contributed by atoms with Gasteiger partial charge in [-0.15, -0.1) is 0 Å². The number of benzene rings is 2. The average molecular weight is 574 g/mol. The van der Waals surface area contributed by atoms with Gasteiger partial charge >= 0.3 is 0 Å². The van der Waals surface area contributed by atoms with E-state index in [1.165, 1.54) is 85.5 Å². The van der Waals surface area contributed by atoms with Crippen LogP contribution in [-0.2, 0) is 0 Å². The molecule has 0 aliphatic carbocycles. The van der Waals surface area contributed by atoms with Gasteiger partial charge in [0, 0.05) is 61.8 Å². The lowest BCUT2D eigenvalue weighted by Crippen LogP contribution is -3.00. The zero-order chi connectivity index (χ0) is 25.8. The normalized spacial score (nSPS) is 14.5. The van der Waals surface area contributed by atoms with E-state index in [4.69, 9.17) is 0 Å². The van der Waals surface area contributed by atoms with Crippen molar-refractivity contribution in [1.29, 1.82) is 0 Å². The predicted octanol–water partition coefficient (Wildman–Crippen LogP) is 0.551. The third-order valence-corrected chi connectivity index (χ3v) is 7.15. The van der Waals surface area contributed by atoms with Crippen LogP contribution >= 0.6 is 0 Å². The fourth-order valence-corrected chi connectivity index (χ4v) is 4.95. The van der Waals surface area contributed by atoms with E-state index < -0.39 is 0 Å². The van der Waals surface area contributed by atoms with Gasteiger partial charge in [0.25, 0.3) is 0 Å². The van der Waals surface area contributed by atoms with E-state index in [9.17, 15) is 0 Å². The smallest absolute Gasteiger partial charge is 0.167 e. The Labute approximate surface area is 251 Å². The number of hydrogen-bond donors (Lipinski definition) is 0. The second-order valence-corrected chi connectivity index (χ2v) is 9.90. The fraction of sp³-hybridized carbons (Fsp3) is 0.235. The Kier molecular flexibility index (Phi) is 12.8. The topological polar surface area (TPSA) is 34.8 Å². The average Bonchev–Trinajstić information content (AvgIpc) is 3.73. The summed E-state index contributed by atoms with van der Waals surface area (Å²) in [4.78, 5) is 11.0. The summed E-state index contributed by atoms with van der Waals surface area (Å²) in [6.45, 7) is 4.82. The van der Waals surface area contributed by atoms with Gasteiger partial charge in [0.2, 0.25) is 0 Å². The van der Waals surface area contributed by atoms with Crippen LogP contribution in [0.15, 0.2) is 97.6 Å². The maximum Gasteiger partial charge on any atom is 0.167 e. The zero-order valence-electron chi connectivity index (χ0n) is 22.9. The number of anilines is 2. The minimum Gasteiger partial charge on any atom is -1.00 e. The van der Waals surface area contributed by atoms with Gasteiger partial charge in [0.05, 0.1) is 0 Å². The van der Waals surface area contributed by atoms with E-state index in [-0.39, 0.29) is 24.8 Å². The molecule has 0 bridgehead atoms. The maximum absolute atomic E-state index is 3.03. The molecule has 4 nitrogen and oxygen atoms in total. The van der Waals surface area contributed by atoms with E-state index in [2.05, 4.69) is 117 Å². The third-order valence-electron chi connectivity index (χ3n) is 7.15. The monoisotopic (exact) mass is 572 g/mol. The van der Waals surface area contributed by atoms with Crippen LogP contribution in [0.3, 0.4) is 0 Å². The highest BCUT2D eigenvalue weighted by Crippen LogP contribution is 2.22. The van der Waals surface area contributed by atoms with Crippen LogP contribution in [0, 0.1) is 0 Å². The first-order valence-corrected chi connectivity index (χ1v) is 13.8. The summed E-state index contributed by atoms with van der Waals surface area (Å²) < 4.78 is 0. The summed E-state index contributed by atoms with van der Waals surface area (Å²) in [5.41, 5.74) is 7.62. The van der Waals surface area contributed by atoms with Crippen molar-refractivity contribution in [2.24, 2.45) is 0 Å². The van der Waals surface area contributed by atoms with Gasteiger partial charge in [0.1, 0.15) is 0 Å². The number of pyridine rings is 2. The van der Waals surface area contributed by atoms with Crippen LogP contribution in [0.25, 0.3) is 24.3 Å². The Hall–Kier alpha value is -3.60. The van der Waals surface area contributed by atoms with Crippen LogP contribution in [0.5, 0.6) is 0 Å². The second-order valence-electron chi connectivity index (χ2n) is 9.90. The summed E-state index contributed by atoms with van der Waals surface area (Å²) in [6.07, 6.45) is 21.7. The molecular formula is C34H38Cl2N4. The standard InChI is InChI=1S/2C17H18N2.2ClH/c2*1-2-14-19(13-1)17-7-5-15(6-8-17)3-4-16-9-11-18-12-10-16;;/h2*3-12H,1-2,13-14H2;2*1H/b2*4-3+;;. The lowest BCUT2D eigenvalue weighted by atomic mass is 10.1. The summed E-state index contributed by atoms with van der Waals surface area (Å²) >= 11 is 0. The number of aromatic nitrogens is 2. The molecule has 2 N–H and O–H groups in total. The molecule has 6 rings (SSSR count). The molecule has 0 atom stereocenters. The first-order valence-electron chi connectivity index (χ1n) is 13.8. The van der Waals surface area contributed by atoms with Gasteiger partial charge < -0.3 is 34.6 Å². The molecule has 0 saturated carbocycles. The molecule has 0 amide bonds. The minimum atomic E-state index is 0. The Morgan fingerprint density at radius 3 is 0.975 bits per heavy atom. The number of nitrogens with one attached hydrogen (secondary N) is 2. The molecule has 4 aromatic rings. The highest BCUT2D eigenvalue weighted by molar-refractivity contribution is 5.71. The molecule has 2 aromatic heterocycles. The van der Waals surface area contributed by atoms with Crippen molar-refractivity contribution in [3.8, 4) is 0 Å². The number of hydrogen-bond acceptors (Lipinski definition) is 2. The summed E-state index contributed by atoms with van der Waals surface area (Å²) in [5.74, 6) is 0. The van der Waals surface area contributed by atoms with Crippen molar-refractivity contribution in [3.05, 3.63) is 120 Å². The third kappa shape index (κ3) is 9.25.